The molecule has 6 heteroatoms. The maximum absolute atomic E-state index is 6.61. The van der Waals surface area contributed by atoms with E-state index in [0.29, 0.717) is 7.25 Å². The molecule has 2 heterocycles. The van der Waals surface area contributed by atoms with Gasteiger partial charge in [0.25, 0.3) is 0 Å². The largest absolute Gasteiger partial charge is 1.00 e. The minimum absolute atomic E-state index is 0. The monoisotopic (exact) mass is 872 g/mol. The number of furan rings is 2. The molecule has 8 rings (SSSR count). The van der Waals surface area contributed by atoms with Gasteiger partial charge in [0.1, 0.15) is 0 Å². The van der Waals surface area contributed by atoms with Gasteiger partial charge in [-0.05, 0) is 0 Å². The topological polar surface area (TPSA) is 26.3 Å². The fourth-order valence-electron chi connectivity index (χ4n) is 9.11. The minimum atomic E-state index is -2.68. The van der Waals surface area contributed by atoms with Gasteiger partial charge in [-0.15, -0.1) is 0 Å². The summed E-state index contributed by atoms with van der Waals surface area (Å²) in [6, 6.07) is 32.5. The molecule has 0 amide bonds. The molecule has 2 aromatic heterocycles. The van der Waals surface area contributed by atoms with E-state index in [1.807, 2.05) is 0 Å². The summed E-state index contributed by atoms with van der Waals surface area (Å²) in [6.07, 6.45) is 7.16. The zero-order valence-corrected chi connectivity index (χ0v) is 39.3. The SMILES string of the molecule is CCc1ccc(-c2c(C)c(C)cc3c2C=C(c2ccc(C)o2)[CH]3[Zr+2]([CH]2C(c3ccc(C)o3)=Cc3c2cc(C)c(C)c3-c2ccc(CC)cc2)=[Si](C)C)cc1.[Cl-].[Cl-]. The van der Waals surface area contributed by atoms with Crippen LogP contribution in [0.1, 0.15) is 99.8 Å². The maximum atomic E-state index is 6.61. The van der Waals surface area contributed by atoms with Gasteiger partial charge >= 0.3 is 332 Å². The van der Waals surface area contributed by atoms with Crippen LogP contribution in [0.15, 0.2) is 93.8 Å². The Morgan fingerprint density at radius 2 is 0.911 bits per heavy atom. The maximum Gasteiger partial charge on any atom is -1.00 e. The first kappa shape index (κ1) is 42.2. The van der Waals surface area contributed by atoms with Crippen LogP contribution in [0, 0.1) is 41.5 Å². The third kappa shape index (κ3) is 7.30. The van der Waals surface area contributed by atoms with E-state index in [-0.39, 0.29) is 24.8 Å². The van der Waals surface area contributed by atoms with E-state index in [2.05, 4.69) is 166 Å². The van der Waals surface area contributed by atoms with E-state index < -0.39 is 25.8 Å². The molecule has 0 N–H and O–H groups in total. The number of aryl methyl sites for hydroxylation is 6. The Kier molecular flexibility index (Phi) is 12.7. The second-order valence-corrected chi connectivity index (χ2v) is 33.7. The average Bonchev–Trinajstić information content (AvgIpc) is 3.96. The first-order chi connectivity index (χ1) is 26.0. The van der Waals surface area contributed by atoms with Gasteiger partial charge in [-0.2, -0.15) is 0 Å². The van der Waals surface area contributed by atoms with Crippen molar-refractivity contribution in [1.82, 2.24) is 0 Å². The molecule has 4 aromatic carbocycles. The molecule has 0 saturated carbocycles. The fraction of sp³-hybridized carbons (Fsp3) is 0.280. The number of halogens is 2. The quantitative estimate of drug-likeness (QED) is 0.145. The van der Waals surface area contributed by atoms with E-state index in [4.69, 9.17) is 8.83 Å². The number of hydrogen-bond donors (Lipinski definition) is 0. The van der Waals surface area contributed by atoms with Crippen LogP contribution in [-0.4, -0.2) is 5.43 Å². The van der Waals surface area contributed by atoms with Gasteiger partial charge in [0, 0.05) is 0 Å². The molecule has 0 aliphatic heterocycles. The summed E-state index contributed by atoms with van der Waals surface area (Å²) in [4.78, 5) is 0. The molecule has 0 bridgehead atoms. The summed E-state index contributed by atoms with van der Waals surface area (Å²) in [6.45, 7) is 23.1. The van der Waals surface area contributed by atoms with E-state index >= 15 is 0 Å². The predicted octanol–water partition coefficient (Wildman–Crippen LogP) is 7.95. The Morgan fingerprint density at radius 1 is 0.536 bits per heavy atom. The molecule has 2 aliphatic carbocycles. The van der Waals surface area contributed by atoms with Gasteiger partial charge < -0.3 is 24.8 Å². The molecule has 2 atom stereocenters. The summed E-state index contributed by atoms with van der Waals surface area (Å²) in [7, 11) is 0. The summed E-state index contributed by atoms with van der Waals surface area (Å²) in [5.74, 6) is 4.00. The molecule has 0 spiro atoms. The van der Waals surface area contributed by atoms with Crippen LogP contribution in [-0.2, 0) is 33.2 Å². The third-order valence-corrected chi connectivity index (χ3v) is 31.4. The van der Waals surface area contributed by atoms with Crippen molar-refractivity contribution in [2.45, 2.75) is 88.6 Å². The fourth-order valence-corrected chi connectivity index (χ4v) is 28.9. The number of hydrogen-bond acceptors (Lipinski definition) is 2. The molecule has 2 unspecified atom stereocenters. The van der Waals surface area contributed by atoms with Crippen LogP contribution >= 0.6 is 0 Å². The van der Waals surface area contributed by atoms with Gasteiger partial charge in [0.15, 0.2) is 0 Å². The van der Waals surface area contributed by atoms with Crippen LogP contribution in [0.2, 0.25) is 13.1 Å². The van der Waals surface area contributed by atoms with Crippen molar-refractivity contribution in [3.8, 4) is 22.3 Å². The normalized spacial score (nSPS) is 15.2. The standard InChI is InChI=1S/2C24H23O.C2H6Si.2ClH.Zr/c2*1-5-18-7-9-19(10-8-18)24-17(4)15(2)12-20-13-21(14-22(20)24)23-11-6-16(3)25-23;1-3-2;;;/h2*6-14H,5H2,1-4H3;1-2H3;2*1H;/q;;;;;+2/p-2. The summed E-state index contributed by atoms with van der Waals surface area (Å²) in [5.41, 5.74) is 21.4. The van der Waals surface area contributed by atoms with E-state index in [1.165, 1.54) is 89.0 Å². The van der Waals surface area contributed by atoms with Gasteiger partial charge in [-0.25, -0.2) is 0 Å². The van der Waals surface area contributed by atoms with Crippen molar-refractivity contribution in [2.75, 3.05) is 0 Å². The molecule has 6 aromatic rings. The van der Waals surface area contributed by atoms with Crippen LogP contribution < -0.4 is 24.8 Å². The first-order valence-electron chi connectivity index (χ1n) is 19.7. The Morgan fingerprint density at radius 3 is 1.21 bits per heavy atom. The average molecular weight is 875 g/mol. The van der Waals surface area contributed by atoms with Crippen molar-refractivity contribution in [3.05, 3.63) is 164 Å². The number of rotatable bonds is 8. The minimum Gasteiger partial charge on any atom is -1.00 e. The Labute approximate surface area is 354 Å². The summed E-state index contributed by atoms with van der Waals surface area (Å²) < 4.78 is 13.9. The Hall–Kier alpha value is -3.40. The smallest absolute Gasteiger partial charge is 1.00 e. The van der Waals surface area contributed by atoms with Gasteiger partial charge in [-0.1, -0.05) is 0 Å². The number of fused-ring (bicyclic) bond motifs is 2. The second-order valence-electron chi connectivity index (χ2n) is 15.8. The predicted molar refractivity (Wildman–Crippen MR) is 227 cm³/mol. The number of allylic oxidation sites excluding steroid dienone is 2. The van der Waals surface area contributed by atoms with Crippen molar-refractivity contribution in [1.29, 1.82) is 0 Å². The van der Waals surface area contributed by atoms with E-state index in [9.17, 15) is 0 Å². The Bertz CT molecular complexity index is 2370. The van der Waals surface area contributed by atoms with Gasteiger partial charge in [-0.3, -0.25) is 0 Å². The van der Waals surface area contributed by atoms with Crippen LogP contribution in [0.4, 0.5) is 0 Å². The molecule has 56 heavy (non-hydrogen) atoms. The summed E-state index contributed by atoms with van der Waals surface area (Å²) >= 11 is -2.68. The summed E-state index contributed by atoms with van der Waals surface area (Å²) in [5, 5.41) is 0. The van der Waals surface area contributed by atoms with Gasteiger partial charge in [0.05, 0.1) is 0 Å². The van der Waals surface area contributed by atoms with Crippen LogP contribution in [0.3, 0.4) is 0 Å². The molecule has 0 fully saturated rings. The van der Waals surface area contributed by atoms with E-state index in [0.717, 1.165) is 35.9 Å². The van der Waals surface area contributed by atoms with E-state index in [1.54, 1.807) is 0 Å². The molecule has 0 saturated heterocycles. The molecule has 0 radical (unpaired) electrons. The zero-order valence-electron chi connectivity index (χ0n) is 34.4. The van der Waals surface area contributed by atoms with Crippen molar-refractivity contribution < 1.29 is 54.0 Å². The first-order valence-corrected chi connectivity index (χ1v) is 28.7. The van der Waals surface area contributed by atoms with Gasteiger partial charge in [0.2, 0.25) is 0 Å². The van der Waals surface area contributed by atoms with Crippen LogP contribution in [0.5, 0.6) is 0 Å². The van der Waals surface area contributed by atoms with Crippen molar-refractivity contribution in [3.63, 3.8) is 0 Å². The van der Waals surface area contributed by atoms with Crippen molar-refractivity contribution in [2.24, 2.45) is 0 Å². The number of benzene rings is 4. The van der Waals surface area contributed by atoms with Crippen molar-refractivity contribution >= 4 is 28.7 Å². The second kappa shape index (κ2) is 16.8. The molecular formula is C50H52Cl2O2SiZr. The molecular weight excluding hydrogens is 823 g/mol. The third-order valence-electron chi connectivity index (χ3n) is 12.2. The zero-order chi connectivity index (χ0) is 38.0. The Balaban J connectivity index is 0.00000266. The molecule has 2 aliphatic rings. The molecule has 286 valence electrons. The molecule has 2 nitrogen and oxygen atoms in total. The van der Waals surface area contributed by atoms with Crippen LogP contribution in [0.25, 0.3) is 45.6 Å².